The lowest BCUT2D eigenvalue weighted by Crippen LogP contribution is -2.41. The molecular formula is C36H35FN2O5S. The van der Waals surface area contributed by atoms with Gasteiger partial charge in [0.05, 0.1) is 16.3 Å². The Hall–Kier alpha value is -4.63. The summed E-state index contributed by atoms with van der Waals surface area (Å²) < 4.78 is 50.4. The van der Waals surface area contributed by atoms with Gasteiger partial charge in [-0.2, -0.15) is 0 Å². The second-order valence-electron chi connectivity index (χ2n) is 12.3. The maximum Gasteiger partial charge on any atom is 0.228 e. The predicted octanol–water partition coefficient (Wildman–Crippen LogP) is 7.30. The van der Waals surface area contributed by atoms with E-state index in [0.717, 1.165) is 11.1 Å². The van der Waals surface area contributed by atoms with Gasteiger partial charge in [-0.15, -0.1) is 0 Å². The summed E-state index contributed by atoms with van der Waals surface area (Å²) in [5, 5.41) is 14.2. The fourth-order valence-electron chi connectivity index (χ4n) is 6.24. The van der Waals surface area contributed by atoms with E-state index in [-0.39, 0.29) is 52.1 Å². The molecule has 6 rings (SSSR count). The van der Waals surface area contributed by atoms with Crippen LogP contribution < -0.4 is 15.0 Å². The van der Waals surface area contributed by atoms with Crippen LogP contribution in [0.25, 0.3) is 0 Å². The first-order valence-corrected chi connectivity index (χ1v) is 16.5. The number of sulfone groups is 1. The first-order chi connectivity index (χ1) is 21.5. The van der Waals surface area contributed by atoms with Gasteiger partial charge in [-0.1, -0.05) is 80.6 Å². The third kappa shape index (κ3) is 6.31. The Labute approximate surface area is 262 Å². The lowest BCUT2D eigenvalue weighted by molar-refractivity contribution is -0.118. The Kier molecular flexibility index (Phi) is 8.14. The first-order valence-electron chi connectivity index (χ1n) is 14.9. The molecule has 7 nitrogen and oxygen atoms in total. The summed E-state index contributed by atoms with van der Waals surface area (Å²) in [5.41, 5.74) is 2.03. The van der Waals surface area contributed by atoms with Gasteiger partial charge < -0.3 is 15.2 Å². The van der Waals surface area contributed by atoms with Crippen molar-refractivity contribution in [3.63, 3.8) is 0 Å². The zero-order chi connectivity index (χ0) is 31.8. The minimum Gasteiger partial charge on any atom is -0.506 e. The monoisotopic (exact) mass is 626 g/mol. The third-order valence-corrected chi connectivity index (χ3v) is 10.5. The van der Waals surface area contributed by atoms with Crippen molar-refractivity contribution in [2.24, 2.45) is 5.41 Å². The molecule has 9 heteroatoms. The molecule has 232 valence electrons. The number of ether oxygens (including phenoxy) is 1. The molecule has 2 heterocycles. The number of aromatic hydroxyl groups is 1. The molecule has 1 unspecified atom stereocenters. The number of carbonyl (C=O) groups is 1. The second kappa shape index (κ2) is 12.0. The fourth-order valence-corrected chi connectivity index (χ4v) is 8.59. The van der Waals surface area contributed by atoms with E-state index in [0.29, 0.717) is 18.5 Å². The predicted molar refractivity (Wildman–Crippen MR) is 173 cm³/mol. The molecule has 0 spiro atoms. The molecule has 0 bridgehead atoms. The zero-order valence-corrected chi connectivity index (χ0v) is 26.0. The molecule has 2 N–H and O–H groups in total. The molecule has 1 atom stereocenters. The number of anilines is 2. The van der Waals surface area contributed by atoms with Gasteiger partial charge >= 0.3 is 0 Å². The number of carbonyl (C=O) groups excluding carboxylic acids is 1. The minimum atomic E-state index is -4.01. The van der Waals surface area contributed by atoms with E-state index in [9.17, 15) is 18.3 Å². The van der Waals surface area contributed by atoms with Crippen molar-refractivity contribution in [2.75, 3.05) is 16.0 Å². The quantitative estimate of drug-likeness (QED) is 0.209. The van der Waals surface area contributed by atoms with Crippen LogP contribution >= 0.6 is 0 Å². The minimum absolute atomic E-state index is 0.0175. The molecule has 45 heavy (non-hydrogen) atoms. The summed E-state index contributed by atoms with van der Waals surface area (Å²) in [7, 11) is -4.01. The van der Waals surface area contributed by atoms with E-state index >= 15 is 4.39 Å². The number of fused-ring (bicyclic) bond motifs is 1. The Balaban J connectivity index is 1.49. The lowest BCUT2D eigenvalue weighted by Gasteiger charge is -2.37. The van der Waals surface area contributed by atoms with Crippen LogP contribution in [-0.2, 0) is 27.7 Å². The van der Waals surface area contributed by atoms with Crippen LogP contribution in [0, 0.1) is 11.2 Å². The number of aryl methyl sites for hydroxylation is 1. The summed E-state index contributed by atoms with van der Waals surface area (Å²) in [5.74, 6) is -1.16. The maximum atomic E-state index is 16.3. The molecule has 4 aromatic rings. The maximum absolute atomic E-state index is 16.3. The highest BCUT2D eigenvalue weighted by Crippen LogP contribution is 2.51. The molecule has 0 fully saturated rings. The van der Waals surface area contributed by atoms with Crippen LogP contribution in [0.3, 0.4) is 0 Å². The van der Waals surface area contributed by atoms with Crippen molar-refractivity contribution in [1.82, 2.24) is 0 Å². The first kappa shape index (κ1) is 30.4. The van der Waals surface area contributed by atoms with Crippen LogP contribution in [0.4, 0.5) is 15.8 Å². The number of rotatable bonds is 7. The summed E-state index contributed by atoms with van der Waals surface area (Å²) in [6, 6.07) is 26.7. The Morgan fingerprint density at radius 2 is 1.67 bits per heavy atom. The van der Waals surface area contributed by atoms with Crippen LogP contribution in [0.5, 0.6) is 11.5 Å². The fraction of sp³-hybridized carbons (Fsp3) is 0.250. The van der Waals surface area contributed by atoms with E-state index in [1.165, 1.54) is 23.1 Å². The van der Waals surface area contributed by atoms with Gasteiger partial charge in [0.2, 0.25) is 5.91 Å². The standard InChI is InChI=1S/C36H35FN2O5S/c1-36(2)21-29-35(45(42,43)23-36)34(27-18-17-26(20-28(27)37)44-22-25-12-7-4-8-13-25)39(30-14-9-15-31(40)33(30)38-29)32(41)19-16-24-10-5-3-6-11-24/h3-15,17-18,20,34,38,40H,16,19,21-23H2,1-2H3. The van der Waals surface area contributed by atoms with Gasteiger partial charge in [-0.3, -0.25) is 9.69 Å². The Bertz CT molecular complexity index is 1870. The number of nitrogens with one attached hydrogen (secondary N) is 1. The normalized spacial score (nSPS) is 18.3. The summed E-state index contributed by atoms with van der Waals surface area (Å²) in [6.07, 6.45) is 0.742. The average Bonchev–Trinajstić information content (AvgIpc) is 3.14. The van der Waals surface area contributed by atoms with Crippen molar-refractivity contribution in [1.29, 1.82) is 0 Å². The third-order valence-electron chi connectivity index (χ3n) is 8.18. The molecule has 2 aliphatic heterocycles. The van der Waals surface area contributed by atoms with Gasteiger partial charge in [0.15, 0.2) is 9.84 Å². The summed E-state index contributed by atoms with van der Waals surface area (Å²) >= 11 is 0. The number of para-hydroxylation sites is 1. The van der Waals surface area contributed by atoms with Crippen molar-refractivity contribution < 1.29 is 27.4 Å². The van der Waals surface area contributed by atoms with Crippen molar-refractivity contribution in [2.45, 2.75) is 45.8 Å². The van der Waals surface area contributed by atoms with Gasteiger partial charge in [-0.05, 0) is 53.6 Å². The molecule has 0 radical (unpaired) electrons. The molecule has 0 aliphatic carbocycles. The summed E-state index contributed by atoms with van der Waals surface area (Å²) in [6.45, 7) is 3.93. The highest BCUT2D eigenvalue weighted by atomic mass is 32.2. The highest BCUT2D eigenvalue weighted by Gasteiger charge is 2.47. The molecule has 2 aliphatic rings. The molecule has 0 aromatic heterocycles. The van der Waals surface area contributed by atoms with E-state index in [4.69, 9.17) is 4.74 Å². The molecule has 4 aromatic carbocycles. The van der Waals surface area contributed by atoms with E-state index < -0.39 is 33.0 Å². The SMILES string of the molecule is CC1(C)CC2=C(C(c3ccc(OCc4ccccc4)cc3F)N(C(=O)CCc3ccccc3)c3cccc(O)c3N2)S(=O)(=O)C1. The highest BCUT2D eigenvalue weighted by molar-refractivity contribution is 7.95. The zero-order valence-electron chi connectivity index (χ0n) is 25.2. The Morgan fingerprint density at radius 1 is 0.978 bits per heavy atom. The van der Waals surface area contributed by atoms with Crippen molar-refractivity contribution in [3.05, 3.63) is 130 Å². The number of allylic oxidation sites excluding steroid dienone is 1. The number of phenols is 1. The number of amides is 1. The second-order valence-corrected chi connectivity index (χ2v) is 14.3. The van der Waals surface area contributed by atoms with Crippen LogP contribution in [0.2, 0.25) is 0 Å². The van der Waals surface area contributed by atoms with Gasteiger partial charge in [-0.25, -0.2) is 12.8 Å². The van der Waals surface area contributed by atoms with E-state index in [1.807, 2.05) is 74.5 Å². The number of halogens is 1. The largest absolute Gasteiger partial charge is 0.506 e. The number of benzene rings is 4. The van der Waals surface area contributed by atoms with Crippen LogP contribution in [0.15, 0.2) is 108 Å². The van der Waals surface area contributed by atoms with Crippen molar-refractivity contribution >= 4 is 27.1 Å². The average molecular weight is 627 g/mol. The Morgan fingerprint density at radius 3 is 2.36 bits per heavy atom. The van der Waals surface area contributed by atoms with Gasteiger partial charge in [0.1, 0.15) is 35.7 Å². The molecule has 0 saturated heterocycles. The summed E-state index contributed by atoms with van der Waals surface area (Å²) in [4.78, 5) is 15.6. The van der Waals surface area contributed by atoms with Crippen molar-refractivity contribution in [3.8, 4) is 11.5 Å². The molecule has 0 saturated carbocycles. The number of hydrogen-bond donors (Lipinski definition) is 2. The number of hydrogen-bond acceptors (Lipinski definition) is 6. The van der Waals surface area contributed by atoms with Gasteiger partial charge in [0, 0.05) is 23.7 Å². The van der Waals surface area contributed by atoms with Crippen LogP contribution in [0.1, 0.15) is 49.4 Å². The van der Waals surface area contributed by atoms with E-state index in [1.54, 1.807) is 18.2 Å². The van der Waals surface area contributed by atoms with Gasteiger partial charge in [0.25, 0.3) is 0 Å². The smallest absolute Gasteiger partial charge is 0.228 e. The van der Waals surface area contributed by atoms with E-state index in [2.05, 4.69) is 5.32 Å². The topological polar surface area (TPSA) is 95.9 Å². The molecular weight excluding hydrogens is 591 g/mol. The molecule has 1 amide bonds. The number of phenolic OH excluding ortho intramolecular Hbond substituents is 1. The number of nitrogens with zero attached hydrogens (tertiary/aromatic N) is 1. The van der Waals surface area contributed by atoms with Crippen LogP contribution in [-0.4, -0.2) is 25.2 Å². The lowest BCUT2D eigenvalue weighted by atomic mass is 9.88.